The number of rotatable bonds is 3. The molecule has 4 heteroatoms. The summed E-state index contributed by atoms with van der Waals surface area (Å²) in [6.45, 7) is 5.48. The molecule has 0 aromatic rings. The second kappa shape index (κ2) is 3.34. The van der Waals surface area contributed by atoms with E-state index in [9.17, 15) is 8.42 Å². The fourth-order valence-corrected chi connectivity index (χ4v) is 1.50. The summed E-state index contributed by atoms with van der Waals surface area (Å²) in [4.78, 5) is 0. The molecule has 2 N–H and O–H groups in total. The Bertz CT molecular complexity index is 186. The molecule has 2 atom stereocenters. The molecule has 0 aliphatic heterocycles. The summed E-state index contributed by atoms with van der Waals surface area (Å²) in [6, 6.07) is 0. The summed E-state index contributed by atoms with van der Waals surface area (Å²) < 4.78 is 21.4. The lowest BCUT2D eigenvalue weighted by molar-refractivity contribution is 0.510. The van der Waals surface area contributed by atoms with Gasteiger partial charge in [0.2, 0.25) is 10.0 Å². The van der Waals surface area contributed by atoms with Crippen LogP contribution < -0.4 is 5.14 Å². The first kappa shape index (κ1) is 9.91. The second-order valence-corrected chi connectivity index (χ2v) is 4.60. The predicted molar refractivity (Wildman–Crippen MR) is 42.0 cm³/mol. The monoisotopic (exact) mass is 165 g/mol. The van der Waals surface area contributed by atoms with Crippen LogP contribution in [0.2, 0.25) is 0 Å². The van der Waals surface area contributed by atoms with Crippen LogP contribution in [-0.4, -0.2) is 13.7 Å². The van der Waals surface area contributed by atoms with Crippen molar-refractivity contribution in [1.82, 2.24) is 0 Å². The molecule has 0 amide bonds. The Morgan fingerprint density at radius 1 is 1.40 bits per heavy atom. The molecule has 0 unspecified atom stereocenters. The van der Waals surface area contributed by atoms with Gasteiger partial charge in [-0.2, -0.15) is 0 Å². The molecular weight excluding hydrogens is 150 g/mol. The van der Waals surface area contributed by atoms with E-state index < -0.39 is 15.3 Å². The van der Waals surface area contributed by atoms with Gasteiger partial charge in [0.25, 0.3) is 0 Å². The quantitative estimate of drug-likeness (QED) is 0.669. The Kier molecular flexibility index (Phi) is 3.31. The summed E-state index contributed by atoms with van der Waals surface area (Å²) in [5.41, 5.74) is 0. The van der Waals surface area contributed by atoms with Gasteiger partial charge in [0, 0.05) is 0 Å². The van der Waals surface area contributed by atoms with E-state index in [0.29, 0.717) is 0 Å². The van der Waals surface area contributed by atoms with E-state index in [1.807, 2.05) is 13.8 Å². The van der Waals surface area contributed by atoms with Crippen molar-refractivity contribution in [2.24, 2.45) is 11.1 Å². The van der Waals surface area contributed by atoms with Crippen LogP contribution in [0, 0.1) is 5.92 Å². The molecule has 0 aromatic carbocycles. The van der Waals surface area contributed by atoms with Crippen molar-refractivity contribution in [1.29, 1.82) is 0 Å². The Morgan fingerprint density at radius 3 is 1.90 bits per heavy atom. The van der Waals surface area contributed by atoms with E-state index in [2.05, 4.69) is 0 Å². The van der Waals surface area contributed by atoms with Crippen LogP contribution in [0.4, 0.5) is 0 Å². The topological polar surface area (TPSA) is 60.2 Å². The minimum Gasteiger partial charge on any atom is -0.228 e. The average Bonchev–Trinajstić information content (AvgIpc) is 1.83. The Balaban J connectivity index is 4.23. The Morgan fingerprint density at radius 2 is 1.80 bits per heavy atom. The van der Waals surface area contributed by atoms with Crippen LogP contribution in [0.15, 0.2) is 0 Å². The minimum atomic E-state index is -3.31. The molecule has 0 heterocycles. The largest absolute Gasteiger partial charge is 0.228 e. The molecule has 0 spiro atoms. The first-order valence-electron chi connectivity index (χ1n) is 3.41. The lowest BCUT2D eigenvalue weighted by Gasteiger charge is -2.14. The zero-order valence-electron chi connectivity index (χ0n) is 6.66. The van der Waals surface area contributed by atoms with Gasteiger partial charge in [0.1, 0.15) is 0 Å². The maximum absolute atomic E-state index is 10.7. The minimum absolute atomic E-state index is 0.148. The highest BCUT2D eigenvalue weighted by atomic mass is 32.2. The molecule has 0 aromatic heterocycles. The van der Waals surface area contributed by atoms with Crippen LogP contribution in [0.25, 0.3) is 0 Å². The zero-order valence-corrected chi connectivity index (χ0v) is 7.48. The van der Waals surface area contributed by atoms with E-state index in [0.717, 1.165) is 6.42 Å². The third kappa shape index (κ3) is 2.66. The van der Waals surface area contributed by atoms with E-state index >= 15 is 0 Å². The van der Waals surface area contributed by atoms with Gasteiger partial charge in [0.15, 0.2) is 0 Å². The number of sulfonamides is 1. The number of primary sulfonamides is 1. The van der Waals surface area contributed by atoms with Crippen molar-refractivity contribution in [2.45, 2.75) is 32.4 Å². The van der Waals surface area contributed by atoms with E-state index in [1.165, 1.54) is 0 Å². The summed E-state index contributed by atoms with van der Waals surface area (Å²) in [5.74, 6) is 0.148. The van der Waals surface area contributed by atoms with Crippen LogP contribution >= 0.6 is 0 Å². The van der Waals surface area contributed by atoms with Crippen molar-refractivity contribution in [3.8, 4) is 0 Å². The molecule has 62 valence electrons. The van der Waals surface area contributed by atoms with E-state index in [1.54, 1.807) is 6.92 Å². The van der Waals surface area contributed by atoms with Crippen LogP contribution in [0.5, 0.6) is 0 Å². The fraction of sp³-hybridized carbons (Fsp3) is 1.00. The van der Waals surface area contributed by atoms with Crippen molar-refractivity contribution in [3.05, 3.63) is 0 Å². The third-order valence-electron chi connectivity index (χ3n) is 1.96. The zero-order chi connectivity index (χ0) is 8.36. The van der Waals surface area contributed by atoms with Gasteiger partial charge in [-0.3, -0.25) is 0 Å². The lowest BCUT2D eigenvalue weighted by Crippen LogP contribution is -2.30. The van der Waals surface area contributed by atoms with Crippen LogP contribution in [-0.2, 0) is 10.0 Å². The van der Waals surface area contributed by atoms with E-state index in [-0.39, 0.29) is 5.92 Å². The normalized spacial score (nSPS) is 18.4. The highest BCUT2D eigenvalue weighted by Gasteiger charge is 2.20. The molecule has 0 fully saturated rings. The Hall–Kier alpha value is -0.0900. The van der Waals surface area contributed by atoms with Crippen LogP contribution in [0.3, 0.4) is 0 Å². The second-order valence-electron chi connectivity index (χ2n) is 2.68. The summed E-state index contributed by atoms with van der Waals surface area (Å²) in [6.07, 6.45) is 0.845. The molecule has 0 saturated carbocycles. The van der Waals surface area contributed by atoms with Gasteiger partial charge in [-0.15, -0.1) is 0 Å². The van der Waals surface area contributed by atoms with Gasteiger partial charge < -0.3 is 0 Å². The molecule has 0 radical (unpaired) electrons. The summed E-state index contributed by atoms with van der Waals surface area (Å²) in [5, 5.41) is 4.51. The summed E-state index contributed by atoms with van der Waals surface area (Å²) >= 11 is 0. The maximum Gasteiger partial charge on any atom is 0.211 e. The average molecular weight is 165 g/mol. The molecule has 0 rings (SSSR count). The van der Waals surface area contributed by atoms with Crippen molar-refractivity contribution >= 4 is 10.0 Å². The van der Waals surface area contributed by atoms with E-state index in [4.69, 9.17) is 5.14 Å². The number of nitrogens with two attached hydrogens (primary N) is 1. The van der Waals surface area contributed by atoms with Crippen molar-refractivity contribution in [3.63, 3.8) is 0 Å². The predicted octanol–water partition coefficient (Wildman–Crippen LogP) is 0.710. The van der Waals surface area contributed by atoms with Gasteiger partial charge in [-0.1, -0.05) is 20.3 Å². The molecule has 10 heavy (non-hydrogen) atoms. The molecule has 0 aliphatic carbocycles. The molecular formula is C6H15NO2S. The first-order valence-corrected chi connectivity index (χ1v) is 5.02. The SMILES string of the molecule is CC[C@H](C)[C@@H](C)S(N)(=O)=O. The van der Waals surface area contributed by atoms with Crippen LogP contribution in [0.1, 0.15) is 27.2 Å². The third-order valence-corrected chi connectivity index (χ3v) is 3.46. The number of hydrogen-bond donors (Lipinski definition) is 1. The van der Waals surface area contributed by atoms with Gasteiger partial charge in [-0.25, -0.2) is 13.6 Å². The van der Waals surface area contributed by atoms with Crippen molar-refractivity contribution in [2.75, 3.05) is 0 Å². The van der Waals surface area contributed by atoms with Crippen molar-refractivity contribution < 1.29 is 8.42 Å². The van der Waals surface area contributed by atoms with Gasteiger partial charge >= 0.3 is 0 Å². The molecule has 0 saturated heterocycles. The van der Waals surface area contributed by atoms with Gasteiger partial charge in [-0.05, 0) is 12.8 Å². The first-order chi connectivity index (χ1) is 4.39. The lowest BCUT2D eigenvalue weighted by atomic mass is 10.1. The smallest absolute Gasteiger partial charge is 0.211 e. The molecule has 0 bridgehead atoms. The Labute approximate surface area is 62.7 Å². The van der Waals surface area contributed by atoms with Gasteiger partial charge in [0.05, 0.1) is 5.25 Å². The molecule has 3 nitrogen and oxygen atoms in total. The fourth-order valence-electron chi connectivity index (χ4n) is 0.656. The standard InChI is InChI=1S/C6H15NO2S/c1-4-5(2)6(3)10(7,8)9/h5-6H,4H2,1-3H3,(H2,7,8,9)/t5-,6+/m0/s1. The maximum atomic E-state index is 10.7. The molecule has 0 aliphatic rings. The number of hydrogen-bond acceptors (Lipinski definition) is 2. The highest BCUT2D eigenvalue weighted by molar-refractivity contribution is 7.89. The highest BCUT2D eigenvalue weighted by Crippen LogP contribution is 2.12. The summed E-state index contributed by atoms with van der Waals surface area (Å²) in [7, 11) is -3.31.